The van der Waals surface area contributed by atoms with E-state index in [0.717, 1.165) is 12.1 Å². The number of nitrogens with zero attached hydrogens (tertiary/aromatic N) is 2. The number of hydrogen-bond acceptors (Lipinski definition) is 8. The summed E-state index contributed by atoms with van der Waals surface area (Å²) < 4.78 is 10.2. The Morgan fingerprint density at radius 2 is 1.54 bits per heavy atom. The summed E-state index contributed by atoms with van der Waals surface area (Å²) in [6.07, 6.45) is 0. The third kappa shape index (κ3) is 3.61. The third-order valence-electron chi connectivity index (χ3n) is 3.39. The highest BCUT2D eigenvalue weighted by Gasteiger charge is 2.29. The van der Waals surface area contributed by atoms with E-state index in [9.17, 15) is 25.0 Å². The first kappa shape index (κ1) is 18.4. The van der Waals surface area contributed by atoms with Gasteiger partial charge in [-0.1, -0.05) is 0 Å². The monoisotopic (exact) mass is 363 g/mol. The number of methoxy groups -OCH3 is 2. The molecular weight excluding hydrogens is 350 g/mol. The zero-order chi connectivity index (χ0) is 19.4. The molecule has 0 bridgehead atoms. The van der Waals surface area contributed by atoms with Gasteiger partial charge in [-0.15, -0.1) is 0 Å². The van der Waals surface area contributed by atoms with E-state index in [1.807, 2.05) is 0 Å². The molecule has 0 unspecified atom stereocenters. The van der Waals surface area contributed by atoms with Crippen molar-refractivity contribution in [1.29, 1.82) is 0 Å². The van der Waals surface area contributed by atoms with Crippen LogP contribution in [0.5, 0.6) is 11.5 Å². The molecule has 26 heavy (non-hydrogen) atoms. The Balaban J connectivity index is 2.62. The van der Waals surface area contributed by atoms with E-state index in [2.05, 4.69) is 5.32 Å². The number of nitrogens with one attached hydrogen (secondary N) is 1. The molecule has 2 aromatic carbocycles. The highest BCUT2D eigenvalue weighted by atomic mass is 16.6. The second-order valence-corrected chi connectivity index (χ2v) is 4.90. The summed E-state index contributed by atoms with van der Waals surface area (Å²) in [5, 5.41) is 34.2. The van der Waals surface area contributed by atoms with Gasteiger partial charge in [0, 0.05) is 23.9 Å². The zero-order valence-electron chi connectivity index (χ0n) is 13.6. The highest BCUT2D eigenvalue weighted by molar-refractivity contribution is 5.93. The zero-order valence-corrected chi connectivity index (χ0v) is 13.6. The Morgan fingerprint density at radius 3 is 1.96 bits per heavy atom. The third-order valence-corrected chi connectivity index (χ3v) is 3.39. The normalized spacial score (nSPS) is 10.1. The van der Waals surface area contributed by atoms with Gasteiger partial charge in [0.05, 0.1) is 29.6 Å². The smallest absolute Gasteiger partial charge is 0.336 e. The Morgan fingerprint density at radius 1 is 1.00 bits per heavy atom. The molecule has 0 aliphatic carbocycles. The number of aromatic carboxylic acids is 1. The molecule has 0 amide bonds. The Bertz CT molecular complexity index is 861. The second-order valence-electron chi connectivity index (χ2n) is 4.90. The predicted molar refractivity (Wildman–Crippen MR) is 89.5 cm³/mol. The molecule has 2 rings (SSSR count). The van der Waals surface area contributed by atoms with Crippen LogP contribution in [0.25, 0.3) is 0 Å². The number of carboxylic acids is 1. The Labute approximate surface area is 146 Å². The lowest BCUT2D eigenvalue weighted by atomic mass is 10.1. The van der Waals surface area contributed by atoms with Crippen LogP contribution in [0.1, 0.15) is 10.4 Å². The molecule has 0 spiro atoms. The van der Waals surface area contributed by atoms with Crippen molar-refractivity contribution in [2.24, 2.45) is 0 Å². The molecule has 0 saturated heterocycles. The minimum atomic E-state index is -1.52. The predicted octanol–water partition coefficient (Wildman–Crippen LogP) is 2.96. The maximum absolute atomic E-state index is 11.3. The number of nitro benzene ring substituents is 2. The van der Waals surface area contributed by atoms with Crippen molar-refractivity contribution in [3.63, 3.8) is 0 Å². The first-order valence-electron chi connectivity index (χ1n) is 6.97. The molecule has 11 heteroatoms. The fourth-order valence-corrected chi connectivity index (χ4v) is 2.21. The van der Waals surface area contributed by atoms with Crippen molar-refractivity contribution in [1.82, 2.24) is 0 Å². The molecule has 0 aliphatic rings. The average Bonchev–Trinajstić information content (AvgIpc) is 2.60. The SMILES string of the molecule is COc1ccc(Nc2c([N+](=O)[O-])cc(C(=O)O)cc2[N+](=O)[O-])cc1OC. The average molecular weight is 363 g/mol. The van der Waals surface area contributed by atoms with Crippen molar-refractivity contribution in [3.05, 3.63) is 56.1 Å². The first-order valence-corrected chi connectivity index (χ1v) is 6.97. The van der Waals surface area contributed by atoms with Gasteiger partial charge in [-0.2, -0.15) is 0 Å². The molecule has 0 saturated carbocycles. The first-order chi connectivity index (χ1) is 12.3. The minimum Gasteiger partial charge on any atom is -0.493 e. The number of hydrogen-bond donors (Lipinski definition) is 2. The lowest BCUT2D eigenvalue weighted by Gasteiger charge is -2.12. The number of ether oxygens (including phenoxy) is 2. The van der Waals surface area contributed by atoms with Crippen LogP contribution in [-0.4, -0.2) is 35.1 Å². The van der Waals surface area contributed by atoms with Crippen LogP contribution < -0.4 is 14.8 Å². The van der Waals surface area contributed by atoms with Crippen LogP contribution >= 0.6 is 0 Å². The molecule has 2 N–H and O–H groups in total. The van der Waals surface area contributed by atoms with Crippen LogP contribution in [0, 0.1) is 20.2 Å². The van der Waals surface area contributed by atoms with Gasteiger partial charge in [-0.25, -0.2) is 4.79 Å². The molecule has 11 nitrogen and oxygen atoms in total. The number of benzene rings is 2. The number of rotatable bonds is 7. The topological polar surface area (TPSA) is 154 Å². The molecular formula is C15H13N3O8. The lowest BCUT2D eigenvalue weighted by Crippen LogP contribution is -2.06. The maximum Gasteiger partial charge on any atom is 0.336 e. The van der Waals surface area contributed by atoms with Gasteiger partial charge >= 0.3 is 17.3 Å². The van der Waals surface area contributed by atoms with Gasteiger partial charge in [0.25, 0.3) is 0 Å². The van der Waals surface area contributed by atoms with Crippen LogP contribution in [0.3, 0.4) is 0 Å². The van der Waals surface area contributed by atoms with E-state index in [4.69, 9.17) is 14.6 Å². The summed E-state index contributed by atoms with van der Waals surface area (Å²) in [5.74, 6) is -0.831. The standard InChI is InChI=1S/C15H13N3O8/c1-25-12-4-3-9(7-13(12)26-2)16-14-10(17(21)22)5-8(15(19)20)6-11(14)18(23)24/h3-7,16H,1-2H3,(H,19,20). The number of carbonyl (C=O) groups is 1. The number of anilines is 2. The molecule has 0 radical (unpaired) electrons. The molecule has 0 aliphatic heterocycles. The quantitative estimate of drug-likeness (QED) is 0.558. The number of carboxylic acid groups (broad SMARTS) is 1. The van der Waals surface area contributed by atoms with Crippen molar-refractivity contribution in [2.75, 3.05) is 19.5 Å². The molecule has 0 fully saturated rings. The van der Waals surface area contributed by atoms with Crippen LogP contribution in [0.2, 0.25) is 0 Å². The summed E-state index contributed by atoms with van der Waals surface area (Å²) in [7, 11) is 2.81. The summed E-state index contributed by atoms with van der Waals surface area (Å²) in [4.78, 5) is 31.9. The van der Waals surface area contributed by atoms with E-state index in [1.54, 1.807) is 0 Å². The van der Waals surface area contributed by atoms with Gasteiger partial charge in [-0.3, -0.25) is 20.2 Å². The van der Waals surface area contributed by atoms with Crippen molar-refractivity contribution in [2.45, 2.75) is 0 Å². The van der Waals surface area contributed by atoms with Gasteiger partial charge < -0.3 is 19.9 Å². The minimum absolute atomic E-state index is 0.247. The second kappa shape index (κ2) is 7.34. The highest BCUT2D eigenvalue weighted by Crippen LogP contribution is 2.39. The lowest BCUT2D eigenvalue weighted by molar-refractivity contribution is -0.392. The van der Waals surface area contributed by atoms with Gasteiger partial charge in [0.2, 0.25) is 0 Å². The van der Waals surface area contributed by atoms with E-state index in [-0.39, 0.29) is 5.69 Å². The fraction of sp³-hybridized carbons (Fsp3) is 0.133. The van der Waals surface area contributed by atoms with Crippen molar-refractivity contribution >= 4 is 28.7 Å². The van der Waals surface area contributed by atoms with Crippen LogP contribution in [0.4, 0.5) is 22.7 Å². The summed E-state index contributed by atoms with van der Waals surface area (Å²) in [5.41, 5.74) is -2.26. The molecule has 0 aromatic heterocycles. The fourth-order valence-electron chi connectivity index (χ4n) is 2.21. The molecule has 0 atom stereocenters. The van der Waals surface area contributed by atoms with Gasteiger partial charge in [0.1, 0.15) is 0 Å². The van der Waals surface area contributed by atoms with Gasteiger partial charge in [-0.05, 0) is 12.1 Å². The van der Waals surface area contributed by atoms with Crippen LogP contribution in [-0.2, 0) is 0 Å². The van der Waals surface area contributed by atoms with Crippen LogP contribution in [0.15, 0.2) is 30.3 Å². The largest absolute Gasteiger partial charge is 0.493 e. The summed E-state index contributed by atoms with van der Waals surface area (Å²) in [6, 6.07) is 5.90. The van der Waals surface area contributed by atoms with Gasteiger partial charge in [0.15, 0.2) is 17.2 Å². The molecule has 2 aromatic rings. The summed E-state index contributed by atoms with van der Waals surface area (Å²) in [6.45, 7) is 0. The molecule has 136 valence electrons. The van der Waals surface area contributed by atoms with E-state index >= 15 is 0 Å². The van der Waals surface area contributed by atoms with Crippen molar-refractivity contribution < 1.29 is 29.2 Å². The van der Waals surface area contributed by atoms with E-state index in [1.165, 1.54) is 32.4 Å². The number of nitro groups is 2. The maximum atomic E-state index is 11.3. The van der Waals surface area contributed by atoms with E-state index < -0.39 is 38.4 Å². The van der Waals surface area contributed by atoms with E-state index in [0.29, 0.717) is 11.5 Å². The Hall–Kier alpha value is -3.89. The molecule has 0 heterocycles. The van der Waals surface area contributed by atoms with Crippen molar-refractivity contribution in [3.8, 4) is 11.5 Å². The summed E-state index contributed by atoms with van der Waals surface area (Å²) >= 11 is 0. The Kier molecular flexibility index (Phi) is 5.21.